The zero-order chi connectivity index (χ0) is 25.5. The first-order chi connectivity index (χ1) is 16.5. The van der Waals surface area contributed by atoms with Crippen LogP contribution < -0.4 is 10.1 Å². The van der Waals surface area contributed by atoms with E-state index in [0.717, 1.165) is 6.42 Å². The van der Waals surface area contributed by atoms with E-state index in [9.17, 15) is 9.90 Å². The second kappa shape index (κ2) is 10.1. The Morgan fingerprint density at radius 1 is 1.06 bits per heavy atom. The largest absolute Gasteiger partial charge is 0.511 e. The number of hydrogen-bond donors (Lipinski definition) is 2. The van der Waals surface area contributed by atoms with Crippen LogP contribution in [0.15, 0.2) is 36.6 Å². The number of ether oxygens (including phenoxy) is 3. The van der Waals surface area contributed by atoms with Gasteiger partial charge in [-0.05, 0) is 73.6 Å². The normalized spacial score (nSPS) is 35.8. The highest BCUT2D eigenvalue weighted by Gasteiger charge is 2.52. The van der Waals surface area contributed by atoms with Gasteiger partial charge in [-0.3, -0.25) is 4.79 Å². The van der Waals surface area contributed by atoms with Crippen molar-refractivity contribution in [3.8, 4) is 5.75 Å². The quantitative estimate of drug-likeness (QED) is 0.495. The average Bonchev–Trinajstić information content (AvgIpc) is 2.95. The number of benzene rings is 1. The van der Waals surface area contributed by atoms with Gasteiger partial charge in [0.2, 0.25) is 6.29 Å². The molecule has 2 unspecified atom stereocenters. The molecular formula is C29H43NO5. The van der Waals surface area contributed by atoms with Gasteiger partial charge in [-0.15, -0.1) is 0 Å². The standard InChI is InChI=1S/C29H43NO5/c1-16-8-14-23-18(3)27(35-28-24(23)22(16)15-9-17(2)33-28)34-21-12-10-20(11-13-21)26(32)30-25(19(4)31)29(5,6)7/h10-13,16-18,22-25,27-28,31H,4,8-9,14-15H2,1-3,5-7H3,(H,30,32)/t16-,17?,18-,22+,23+,24?,25-,27+,28+/m1/s1. The van der Waals surface area contributed by atoms with Gasteiger partial charge in [0, 0.05) is 17.4 Å². The van der Waals surface area contributed by atoms with E-state index in [4.69, 9.17) is 14.2 Å². The molecule has 2 N–H and O–H groups in total. The summed E-state index contributed by atoms with van der Waals surface area (Å²) in [6, 6.07) is 6.55. The van der Waals surface area contributed by atoms with Crippen LogP contribution in [-0.2, 0) is 9.47 Å². The second-order valence-electron chi connectivity index (χ2n) is 12.1. The number of rotatable bonds is 5. The Hall–Kier alpha value is -2.05. The molecule has 0 radical (unpaired) electrons. The molecule has 0 aromatic heterocycles. The van der Waals surface area contributed by atoms with Gasteiger partial charge in [0.05, 0.1) is 12.1 Å². The monoisotopic (exact) mass is 485 g/mol. The molecule has 9 atom stereocenters. The van der Waals surface area contributed by atoms with E-state index >= 15 is 0 Å². The van der Waals surface area contributed by atoms with Gasteiger partial charge >= 0.3 is 0 Å². The number of aliphatic hydroxyl groups excluding tert-OH is 1. The van der Waals surface area contributed by atoms with Crippen LogP contribution >= 0.6 is 0 Å². The van der Waals surface area contributed by atoms with Crippen LogP contribution in [0.25, 0.3) is 0 Å². The number of hydrogen-bond acceptors (Lipinski definition) is 5. The van der Waals surface area contributed by atoms with Crippen molar-refractivity contribution in [1.82, 2.24) is 5.32 Å². The third-order valence-corrected chi connectivity index (χ3v) is 8.48. The molecule has 1 aliphatic carbocycles. The van der Waals surface area contributed by atoms with Crippen molar-refractivity contribution in [1.29, 1.82) is 0 Å². The van der Waals surface area contributed by atoms with Gasteiger partial charge in [-0.2, -0.15) is 0 Å². The molecule has 6 nitrogen and oxygen atoms in total. The van der Waals surface area contributed by atoms with Crippen LogP contribution in [-0.4, -0.2) is 35.7 Å². The van der Waals surface area contributed by atoms with Crippen LogP contribution in [0.4, 0.5) is 0 Å². The summed E-state index contributed by atoms with van der Waals surface area (Å²) in [7, 11) is 0. The van der Waals surface area contributed by atoms with Gasteiger partial charge in [-0.25, -0.2) is 0 Å². The van der Waals surface area contributed by atoms with Crippen molar-refractivity contribution in [3.63, 3.8) is 0 Å². The lowest BCUT2D eigenvalue weighted by Gasteiger charge is -2.51. The highest BCUT2D eigenvalue weighted by molar-refractivity contribution is 5.94. The third kappa shape index (κ3) is 5.54. The Labute approximate surface area is 210 Å². The van der Waals surface area contributed by atoms with Gasteiger partial charge < -0.3 is 24.6 Å². The summed E-state index contributed by atoms with van der Waals surface area (Å²) >= 11 is 0. The lowest BCUT2D eigenvalue weighted by Crippen LogP contribution is -2.54. The topological polar surface area (TPSA) is 77.0 Å². The minimum Gasteiger partial charge on any atom is -0.511 e. The molecule has 2 heterocycles. The number of nitrogens with one attached hydrogen (secondary N) is 1. The number of carbonyl (C=O) groups is 1. The molecule has 3 aliphatic rings. The van der Waals surface area contributed by atoms with Crippen LogP contribution in [0.5, 0.6) is 5.75 Å². The van der Waals surface area contributed by atoms with Crippen molar-refractivity contribution in [2.45, 2.75) is 92.0 Å². The van der Waals surface area contributed by atoms with E-state index < -0.39 is 6.04 Å². The molecule has 3 fully saturated rings. The summed E-state index contributed by atoms with van der Waals surface area (Å²) in [4.78, 5) is 12.8. The Morgan fingerprint density at radius 3 is 2.34 bits per heavy atom. The summed E-state index contributed by atoms with van der Waals surface area (Å²) in [5, 5.41) is 12.8. The molecule has 35 heavy (non-hydrogen) atoms. The first kappa shape index (κ1) is 26.0. The van der Waals surface area contributed by atoms with Crippen molar-refractivity contribution in [2.75, 3.05) is 0 Å². The SMILES string of the molecule is C=C(O)[C@@H](NC(=O)c1ccc(O[C@H]2O[C@@H]3OC(C)CC[C@@H]4C3[C@@H](CC[C@H]4C)[C@H]2C)cc1)C(C)(C)C. The lowest BCUT2D eigenvalue weighted by atomic mass is 9.61. The van der Waals surface area contributed by atoms with Gasteiger partial charge in [0.15, 0.2) is 6.29 Å². The summed E-state index contributed by atoms with van der Waals surface area (Å²) in [5.74, 6) is 2.92. The molecule has 1 saturated carbocycles. The Kier molecular flexibility index (Phi) is 7.54. The molecular weight excluding hydrogens is 442 g/mol. The molecule has 2 saturated heterocycles. The van der Waals surface area contributed by atoms with E-state index in [1.54, 1.807) is 24.3 Å². The Bertz CT molecular complexity index is 907. The average molecular weight is 486 g/mol. The number of aliphatic hydroxyl groups is 1. The molecule has 1 aromatic carbocycles. The molecule has 1 amide bonds. The fraction of sp³-hybridized carbons (Fsp3) is 0.690. The maximum absolute atomic E-state index is 12.8. The third-order valence-electron chi connectivity index (χ3n) is 8.48. The minimum atomic E-state index is -0.542. The lowest BCUT2D eigenvalue weighted by molar-refractivity contribution is -0.315. The maximum atomic E-state index is 12.8. The first-order valence-corrected chi connectivity index (χ1v) is 13.2. The summed E-state index contributed by atoms with van der Waals surface area (Å²) in [6.45, 7) is 16.2. The highest BCUT2D eigenvalue weighted by atomic mass is 16.8. The van der Waals surface area contributed by atoms with E-state index in [1.165, 1.54) is 19.3 Å². The highest BCUT2D eigenvalue weighted by Crippen LogP contribution is 2.52. The van der Waals surface area contributed by atoms with E-state index in [1.807, 2.05) is 20.8 Å². The zero-order valence-electron chi connectivity index (χ0n) is 22.1. The predicted molar refractivity (Wildman–Crippen MR) is 136 cm³/mol. The molecule has 6 heteroatoms. The summed E-state index contributed by atoms with van der Waals surface area (Å²) < 4.78 is 19.2. The Balaban J connectivity index is 1.45. The first-order valence-electron chi connectivity index (χ1n) is 13.2. The van der Waals surface area contributed by atoms with Gasteiger partial charge in [0.1, 0.15) is 11.5 Å². The minimum absolute atomic E-state index is 0.0538. The van der Waals surface area contributed by atoms with Gasteiger partial charge in [-0.1, -0.05) is 47.6 Å². The number of amides is 1. The van der Waals surface area contributed by atoms with E-state index in [-0.39, 0.29) is 41.7 Å². The van der Waals surface area contributed by atoms with Crippen molar-refractivity contribution < 1.29 is 24.1 Å². The van der Waals surface area contributed by atoms with E-state index in [2.05, 4.69) is 32.7 Å². The van der Waals surface area contributed by atoms with Crippen LogP contribution in [0.2, 0.25) is 0 Å². The second-order valence-corrected chi connectivity index (χ2v) is 12.1. The van der Waals surface area contributed by atoms with Crippen molar-refractivity contribution in [3.05, 3.63) is 42.2 Å². The summed E-state index contributed by atoms with van der Waals surface area (Å²) in [5.41, 5.74) is 0.139. The predicted octanol–water partition coefficient (Wildman–Crippen LogP) is 6.08. The molecule has 4 rings (SSSR count). The molecule has 194 valence electrons. The van der Waals surface area contributed by atoms with Crippen molar-refractivity contribution >= 4 is 5.91 Å². The molecule has 0 spiro atoms. The van der Waals surface area contributed by atoms with E-state index in [0.29, 0.717) is 35.0 Å². The van der Waals surface area contributed by atoms with Crippen LogP contribution in [0.3, 0.4) is 0 Å². The fourth-order valence-electron chi connectivity index (χ4n) is 6.42. The van der Waals surface area contributed by atoms with Crippen LogP contribution in [0.1, 0.15) is 77.6 Å². The molecule has 0 bridgehead atoms. The summed E-state index contributed by atoms with van der Waals surface area (Å²) in [6.07, 6.45) is 4.32. The van der Waals surface area contributed by atoms with Crippen LogP contribution in [0, 0.1) is 35.0 Å². The van der Waals surface area contributed by atoms with Crippen molar-refractivity contribution in [2.24, 2.45) is 35.0 Å². The molecule has 1 aromatic rings. The molecule has 2 aliphatic heterocycles. The number of carbonyl (C=O) groups excluding carboxylic acids is 1. The zero-order valence-corrected chi connectivity index (χ0v) is 22.1. The maximum Gasteiger partial charge on any atom is 0.251 e. The smallest absolute Gasteiger partial charge is 0.251 e. The fourth-order valence-corrected chi connectivity index (χ4v) is 6.42. The Morgan fingerprint density at radius 2 is 1.71 bits per heavy atom. The van der Waals surface area contributed by atoms with Gasteiger partial charge in [0.25, 0.3) is 5.91 Å².